The molecule has 0 spiro atoms. The highest BCUT2D eigenvalue weighted by atomic mass is 19.4. The third kappa shape index (κ3) is 2.75. The molecule has 6 heteroatoms. The molecule has 116 valence electrons. The van der Waals surface area contributed by atoms with Crippen LogP contribution < -0.4 is 5.43 Å². The summed E-state index contributed by atoms with van der Waals surface area (Å²) in [6.07, 6.45) is -3.34. The summed E-state index contributed by atoms with van der Waals surface area (Å²) in [4.78, 5) is 27.3. The fourth-order valence-electron chi connectivity index (χ4n) is 2.31. The largest absolute Gasteiger partial charge is 0.416 e. The van der Waals surface area contributed by atoms with Crippen molar-refractivity contribution in [3.8, 4) is 0 Å². The Hall–Kier alpha value is -2.89. The second kappa shape index (κ2) is 5.39. The first-order valence-corrected chi connectivity index (χ1v) is 6.70. The van der Waals surface area contributed by atoms with Crippen molar-refractivity contribution in [2.45, 2.75) is 6.18 Å². The molecular weight excluding hydrogens is 307 g/mol. The molecule has 0 amide bonds. The van der Waals surface area contributed by atoms with Crippen molar-refractivity contribution >= 4 is 16.7 Å². The van der Waals surface area contributed by atoms with Gasteiger partial charge in [-0.05, 0) is 18.2 Å². The van der Waals surface area contributed by atoms with Gasteiger partial charge in [-0.1, -0.05) is 30.3 Å². The van der Waals surface area contributed by atoms with Crippen molar-refractivity contribution in [3.63, 3.8) is 0 Å². The summed E-state index contributed by atoms with van der Waals surface area (Å²) in [5.41, 5.74) is -1.19. The maximum Gasteiger partial charge on any atom is 0.416 e. The molecule has 0 atom stereocenters. The number of carbonyl (C=O) groups is 1. The normalized spacial score (nSPS) is 11.6. The zero-order valence-corrected chi connectivity index (χ0v) is 11.6. The first-order valence-electron chi connectivity index (χ1n) is 6.70. The lowest BCUT2D eigenvalue weighted by Crippen LogP contribution is -2.17. The lowest BCUT2D eigenvalue weighted by Gasteiger charge is -2.08. The lowest BCUT2D eigenvalue weighted by atomic mass is 10.0. The van der Waals surface area contributed by atoms with Crippen LogP contribution in [0.2, 0.25) is 0 Å². The molecular formula is C17H10F3NO2. The van der Waals surface area contributed by atoms with Gasteiger partial charge in [0.15, 0.2) is 5.78 Å². The summed E-state index contributed by atoms with van der Waals surface area (Å²) in [6, 6.07) is 11.0. The first kappa shape index (κ1) is 15.0. The van der Waals surface area contributed by atoms with Gasteiger partial charge < -0.3 is 4.98 Å². The van der Waals surface area contributed by atoms with Crippen LogP contribution >= 0.6 is 0 Å². The number of pyridine rings is 1. The van der Waals surface area contributed by atoms with Gasteiger partial charge in [0, 0.05) is 22.7 Å². The minimum absolute atomic E-state index is 0.0365. The number of fused-ring (bicyclic) bond motifs is 1. The van der Waals surface area contributed by atoms with E-state index in [1.807, 2.05) is 0 Å². The Balaban J connectivity index is 2.13. The number of aromatic nitrogens is 1. The smallest absolute Gasteiger partial charge is 0.360 e. The number of ketones is 1. The van der Waals surface area contributed by atoms with Gasteiger partial charge in [0.1, 0.15) is 0 Å². The number of hydrogen-bond donors (Lipinski definition) is 1. The Labute approximate surface area is 128 Å². The minimum Gasteiger partial charge on any atom is -0.360 e. The summed E-state index contributed by atoms with van der Waals surface area (Å²) in [5.74, 6) is -0.478. The van der Waals surface area contributed by atoms with E-state index < -0.39 is 23.0 Å². The molecule has 3 aromatic rings. The SMILES string of the molecule is O=C(c1ccccc1)c1c[nH]c2cc(C(F)(F)F)ccc2c1=O. The van der Waals surface area contributed by atoms with Gasteiger partial charge in [-0.15, -0.1) is 0 Å². The van der Waals surface area contributed by atoms with E-state index in [4.69, 9.17) is 0 Å². The topological polar surface area (TPSA) is 49.9 Å². The maximum absolute atomic E-state index is 12.7. The first-order chi connectivity index (χ1) is 10.9. The molecule has 2 aromatic carbocycles. The highest BCUT2D eigenvalue weighted by Crippen LogP contribution is 2.30. The Morgan fingerprint density at radius 2 is 1.70 bits per heavy atom. The van der Waals surface area contributed by atoms with Gasteiger partial charge in [0.25, 0.3) is 0 Å². The average molecular weight is 317 g/mol. The summed E-state index contributed by atoms with van der Waals surface area (Å²) < 4.78 is 38.1. The number of benzene rings is 2. The molecule has 0 radical (unpaired) electrons. The predicted octanol–water partition coefficient (Wildman–Crippen LogP) is 3.78. The Morgan fingerprint density at radius 1 is 1.00 bits per heavy atom. The number of hydrogen-bond acceptors (Lipinski definition) is 2. The number of H-pyrrole nitrogens is 1. The second-order valence-corrected chi connectivity index (χ2v) is 4.98. The number of carbonyl (C=O) groups excluding carboxylic acids is 1. The van der Waals surface area contributed by atoms with Gasteiger partial charge >= 0.3 is 6.18 Å². The fraction of sp³-hybridized carbons (Fsp3) is 0.0588. The van der Waals surface area contributed by atoms with Gasteiger partial charge in [0.05, 0.1) is 11.1 Å². The lowest BCUT2D eigenvalue weighted by molar-refractivity contribution is -0.137. The molecule has 3 nitrogen and oxygen atoms in total. The predicted molar refractivity (Wildman–Crippen MR) is 79.4 cm³/mol. The van der Waals surface area contributed by atoms with E-state index in [2.05, 4.69) is 4.98 Å². The minimum atomic E-state index is -4.50. The average Bonchev–Trinajstić information content (AvgIpc) is 2.54. The van der Waals surface area contributed by atoms with E-state index in [1.165, 1.54) is 0 Å². The second-order valence-electron chi connectivity index (χ2n) is 4.98. The van der Waals surface area contributed by atoms with Crippen molar-refractivity contribution in [2.75, 3.05) is 0 Å². The molecule has 0 aliphatic carbocycles. The highest BCUT2D eigenvalue weighted by molar-refractivity contribution is 6.10. The summed E-state index contributed by atoms with van der Waals surface area (Å²) in [6.45, 7) is 0. The Morgan fingerprint density at radius 3 is 2.35 bits per heavy atom. The van der Waals surface area contributed by atoms with E-state index in [0.717, 1.165) is 24.4 Å². The van der Waals surface area contributed by atoms with Gasteiger partial charge in [-0.2, -0.15) is 13.2 Å². The van der Waals surface area contributed by atoms with E-state index in [9.17, 15) is 22.8 Å². The van der Waals surface area contributed by atoms with Crippen LogP contribution in [-0.4, -0.2) is 10.8 Å². The molecule has 0 aliphatic heterocycles. The quantitative estimate of drug-likeness (QED) is 0.731. The van der Waals surface area contributed by atoms with E-state index in [-0.39, 0.29) is 16.5 Å². The van der Waals surface area contributed by atoms with Crippen LogP contribution in [0.5, 0.6) is 0 Å². The van der Waals surface area contributed by atoms with Crippen LogP contribution in [-0.2, 0) is 6.18 Å². The Kier molecular flexibility index (Phi) is 3.52. The van der Waals surface area contributed by atoms with Crippen molar-refractivity contribution < 1.29 is 18.0 Å². The number of alkyl halides is 3. The molecule has 0 aliphatic rings. The van der Waals surface area contributed by atoms with Gasteiger partial charge in [-0.25, -0.2) is 0 Å². The molecule has 0 bridgehead atoms. The van der Waals surface area contributed by atoms with E-state index >= 15 is 0 Å². The summed E-state index contributed by atoms with van der Waals surface area (Å²) in [7, 11) is 0. The molecule has 1 heterocycles. The zero-order valence-electron chi connectivity index (χ0n) is 11.6. The monoisotopic (exact) mass is 317 g/mol. The fourth-order valence-corrected chi connectivity index (χ4v) is 2.31. The maximum atomic E-state index is 12.7. The molecule has 1 aromatic heterocycles. The van der Waals surface area contributed by atoms with Crippen LogP contribution in [0, 0.1) is 0 Å². The molecule has 3 rings (SSSR count). The zero-order chi connectivity index (χ0) is 16.6. The molecule has 0 saturated carbocycles. The van der Waals surface area contributed by atoms with Crippen molar-refractivity contribution in [2.24, 2.45) is 0 Å². The number of nitrogens with one attached hydrogen (secondary N) is 1. The molecule has 0 unspecified atom stereocenters. The third-order valence-corrected chi connectivity index (χ3v) is 3.49. The third-order valence-electron chi connectivity index (χ3n) is 3.49. The van der Waals surface area contributed by atoms with Crippen molar-refractivity contribution in [3.05, 3.63) is 81.6 Å². The van der Waals surface area contributed by atoms with Crippen LogP contribution in [0.1, 0.15) is 21.5 Å². The van der Waals surface area contributed by atoms with Crippen LogP contribution in [0.3, 0.4) is 0 Å². The molecule has 0 saturated heterocycles. The molecule has 23 heavy (non-hydrogen) atoms. The van der Waals surface area contributed by atoms with Gasteiger partial charge in [-0.3, -0.25) is 9.59 Å². The standard InChI is InChI=1S/C17H10F3NO2/c18-17(19,20)11-6-7-12-14(8-11)21-9-13(16(12)23)15(22)10-4-2-1-3-5-10/h1-9H,(H,21,23). The van der Waals surface area contributed by atoms with Crippen LogP contribution in [0.15, 0.2) is 59.5 Å². The summed E-state index contributed by atoms with van der Waals surface area (Å²) >= 11 is 0. The number of aromatic amines is 1. The Bertz CT molecular complexity index is 943. The highest BCUT2D eigenvalue weighted by Gasteiger charge is 2.30. The van der Waals surface area contributed by atoms with Crippen molar-refractivity contribution in [1.82, 2.24) is 4.98 Å². The summed E-state index contributed by atoms with van der Waals surface area (Å²) in [5, 5.41) is 0.0415. The number of halogens is 3. The van der Waals surface area contributed by atoms with Gasteiger partial charge in [0.2, 0.25) is 5.43 Å². The van der Waals surface area contributed by atoms with Crippen LogP contribution in [0.4, 0.5) is 13.2 Å². The molecule has 1 N–H and O–H groups in total. The van der Waals surface area contributed by atoms with Crippen LogP contribution in [0.25, 0.3) is 10.9 Å². The van der Waals surface area contributed by atoms with Crippen molar-refractivity contribution in [1.29, 1.82) is 0 Å². The van der Waals surface area contributed by atoms with E-state index in [1.54, 1.807) is 30.3 Å². The van der Waals surface area contributed by atoms with E-state index in [0.29, 0.717) is 5.56 Å². The number of rotatable bonds is 2. The molecule has 0 fully saturated rings.